The van der Waals surface area contributed by atoms with Crippen molar-refractivity contribution in [3.05, 3.63) is 59.2 Å². The Morgan fingerprint density at radius 3 is 2.29 bits per heavy atom. The number of hydrogen-bond acceptors (Lipinski definition) is 3. The van der Waals surface area contributed by atoms with Crippen molar-refractivity contribution in [1.29, 1.82) is 0 Å². The minimum absolute atomic E-state index is 0.0478. The van der Waals surface area contributed by atoms with E-state index in [9.17, 15) is 13.2 Å². The Bertz CT molecular complexity index is 962. The predicted molar refractivity (Wildman–Crippen MR) is 112 cm³/mol. The molecule has 2 aromatic carbocycles. The Hall–Kier alpha value is -2.18. The lowest BCUT2D eigenvalue weighted by Crippen LogP contribution is -2.30. The zero-order chi connectivity index (χ0) is 20.5. The molecule has 0 radical (unpaired) electrons. The fraction of sp³-hybridized carbons (Fsp3) is 0.409. The van der Waals surface area contributed by atoms with Gasteiger partial charge in [-0.15, -0.1) is 0 Å². The van der Waals surface area contributed by atoms with Crippen LogP contribution >= 0.6 is 0 Å². The summed E-state index contributed by atoms with van der Waals surface area (Å²) in [6, 6.07) is 12.8. The summed E-state index contributed by atoms with van der Waals surface area (Å²) in [7, 11) is -3.50. The van der Waals surface area contributed by atoms with Crippen molar-refractivity contribution in [3.63, 3.8) is 0 Å². The highest BCUT2D eigenvalue weighted by atomic mass is 32.2. The molecule has 0 saturated heterocycles. The van der Waals surface area contributed by atoms with Gasteiger partial charge in [0.05, 0.1) is 4.90 Å². The van der Waals surface area contributed by atoms with Crippen LogP contribution in [0.2, 0.25) is 0 Å². The van der Waals surface area contributed by atoms with Gasteiger partial charge in [-0.1, -0.05) is 39.8 Å². The molecule has 0 aromatic heterocycles. The van der Waals surface area contributed by atoms with E-state index in [1.54, 1.807) is 23.1 Å². The summed E-state index contributed by atoms with van der Waals surface area (Å²) >= 11 is 0. The van der Waals surface area contributed by atoms with Crippen molar-refractivity contribution in [3.8, 4) is 0 Å². The van der Waals surface area contributed by atoms with Crippen LogP contribution in [0.15, 0.2) is 47.4 Å². The predicted octanol–water partition coefficient (Wildman–Crippen LogP) is 4.04. The molecule has 0 unspecified atom stereocenters. The quantitative estimate of drug-likeness (QED) is 0.735. The van der Waals surface area contributed by atoms with Gasteiger partial charge in [-0.3, -0.25) is 4.79 Å². The van der Waals surface area contributed by atoms with Crippen LogP contribution in [0.1, 0.15) is 55.1 Å². The van der Waals surface area contributed by atoms with Gasteiger partial charge in [-0.2, -0.15) is 4.31 Å². The monoisotopic (exact) mass is 400 g/mol. The van der Waals surface area contributed by atoms with Gasteiger partial charge in [0, 0.05) is 30.9 Å². The summed E-state index contributed by atoms with van der Waals surface area (Å²) in [5.74, 6) is 0.372. The number of carbonyl (C=O) groups excluding carboxylic acids is 1. The average Bonchev–Trinajstić information content (AvgIpc) is 3.11. The third-order valence-electron chi connectivity index (χ3n) is 5.36. The number of anilines is 1. The van der Waals surface area contributed by atoms with Crippen LogP contribution in [-0.2, 0) is 16.4 Å². The maximum Gasteiger partial charge on any atom is 0.258 e. The van der Waals surface area contributed by atoms with Crippen LogP contribution in [0.25, 0.3) is 0 Å². The minimum Gasteiger partial charge on any atom is -0.308 e. The molecule has 3 rings (SSSR count). The van der Waals surface area contributed by atoms with Gasteiger partial charge in [0.2, 0.25) is 10.0 Å². The van der Waals surface area contributed by atoms with E-state index in [4.69, 9.17) is 0 Å². The number of rotatable bonds is 6. The second-order valence-corrected chi connectivity index (χ2v) is 9.30. The van der Waals surface area contributed by atoms with Gasteiger partial charge in [-0.25, -0.2) is 8.42 Å². The first-order valence-electron chi connectivity index (χ1n) is 9.84. The van der Waals surface area contributed by atoms with E-state index in [0.29, 0.717) is 42.4 Å². The zero-order valence-electron chi connectivity index (χ0n) is 17.0. The molecule has 150 valence electrons. The van der Waals surface area contributed by atoms with E-state index in [0.717, 1.165) is 11.3 Å². The highest BCUT2D eigenvalue weighted by Gasteiger charge is 2.29. The number of carbonyl (C=O) groups is 1. The van der Waals surface area contributed by atoms with Crippen molar-refractivity contribution in [1.82, 2.24) is 4.31 Å². The lowest BCUT2D eigenvalue weighted by Gasteiger charge is -2.20. The molecule has 1 heterocycles. The molecule has 6 heteroatoms. The molecule has 0 saturated carbocycles. The highest BCUT2D eigenvalue weighted by molar-refractivity contribution is 7.89. The smallest absolute Gasteiger partial charge is 0.258 e. The van der Waals surface area contributed by atoms with Gasteiger partial charge in [0.1, 0.15) is 0 Å². The number of benzene rings is 2. The van der Waals surface area contributed by atoms with E-state index in [1.807, 2.05) is 38.1 Å². The fourth-order valence-corrected chi connectivity index (χ4v) is 5.14. The molecule has 1 amide bonds. The first kappa shape index (κ1) is 20.6. The van der Waals surface area contributed by atoms with E-state index >= 15 is 0 Å². The van der Waals surface area contributed by atoms with E-state index in [1.165, 1.54) is 9.87 Å². The Morgan fingerprint density at radius 1 is 1.07 bits per heavy atom. The summed E-state index contributed by atoms with van der Waals surface area (Å²) in [6.07, 6.45) is 0.659. The molecule has 0 bridgehead atoms. The van der Waals surface area contributed by atoms with Crippen LogP contribution < -0.4 is 4.90 Å². The third kappa shape index (κ3) is 3.71. The summed E-state index contributed by atoms with van der Waals surface area (Å²) in [6.45, 7) is 9.35. The first-order chi connectivity index (χ1) is 13.3. The molecule has 1 aliphatic heterocycles. The lowest BCUT2D eigenvalue weighted by atomic mass is 10.0. The molecule has 5 nitrogen and oxygen atoms in total. The molecule has 0 spiro atoms. The number of fused-ring (bicyclic) bond motifs is 1. The lowest BCUT2D eigenvalue weighted by molar-refractivity contribution is 0.0989. The van der Waals surface area contributed by atoms with Crippen molar-refractivity contribution in [2.24, 2.45) is 0 Å². The molecule has 0 atom stereocenters. The summed E-state index contributed by atoms with van der Waals surface area (Å²) in [5.41, 5.74) is 3.55. The second kappa shape index (κ2) is 8.05. The second-order valence-electron chi connectivity index (χ2n) is 7.36. The Kier molecular flexibility index (Phi) is 5.91. The van der Waals surface area contributed by atoms with E-state index in [-0.39, 0.29) is 5.91 Å². The molecule has 2 aromatic rings. The summed E-state index contributed by atoms with van der Waals surface area (Å²) in [5, 5.41) is 0. The molecule has 1 aliphatic rings. The number of hydrogen-bond donors (Lipinski definition) is 0. The van der Waals surface area contributed by atoms with Crippen molar-refractivity contribution >= 4 is 21.6 Å². The molecule has 28 heavy (non-hydrogen) atoms. The zero-order valence-corrected chi connectivity index (χ0v) is 17.8. The van der Waals surface area contributed by atoms with Crippen molar-refractivity contribution < 1.29 is 13.2 Å². The Balaban J connectivity index is 1.87. The average molecular weight is 401 g/mol. The molecule has 0 fully saturated rings. The van der Waals surface area contributed by atoms with Gasteiger partial charge < -0.3 is 4.90 Å². The molecular formula is C22H28N2O3S. The Labute approximate surface area is 168 Å². The SMILES string of the molecule is CCN(CC)S(=O)(=O)c1ccc2c(c1)CCN2C(=O)c1ccc(C(C)C)cc1. The number of nitrogens with zero attached hydrogens (tertiary/aromatic N) is 2. The van der Waals surface area contributed by atoms with Gasteiger partial charge in [0.15, 0.2) is 0 Å². The van der Waals surface area contributed by atoms with Gasteiger partial charge >= 0.3 is 0 Å². The van der Waals surface area contributed by atoms with Gasteiger partial charge in [0.25, 0.3) is 5.91 Å². The Morgan fingerprint density at radius 2 is 1.71 bits per heavy atom. The first-order valence-corrected chi connectivity index (χ1v) is 11.3. The standard InChI is InChI=1S/C22H28N2O3S/c1-5-23(6-2)28(26,27)20-11-12-21-19(15-20)13-14-24(21)22(25)18-9-7-17(8-10-18)16(3)4/h7-12,15-16H,5-6,13-14H2,1-4H3. The normalized spacial score (nSPS) is 14.0. The van der Waals surface area contributed by atoms with Crippen LogP contribution in [0.4, 0.5) is 5.69 Å². The van der Waals surface area contributed by atoms with E-state index in [2.05, 4.69) is 13.8 Å². The summed E-state index contributed by atoms with van der Waals surface area (Å²) in [4.78, 5) is 15.0. The maximum absolute atomic E-state index is 13.0. The van der Waals surface area contributed by atoms with Crippen LogP contribution in [0.5, 0.6) is 0 Å². The molecular weight excluding hydrogens is 372 g/mol. The maximum atomic E-state index is 13.0. The third-order valence-corrected chi connectivity index (χ3v) is 7.41. The van der Waals surface area contributed by atoms with Crippen LogP contribution in [0, 0.1) is 0 Å². The van der Waals surface area contributed by atoms with Crippen molar-refractivity contribution in [2.45, 2.75) is 44.9 Å². The minimum atomic E-state index is -3.50. The van der Waals surface area contributed by atoms with Crippen LogP contribution in [0.3, 0.4) is 0 Å². The topological polar surface area (TPSA) is 57.7 Å². The number of sulfonamides is 1. The molecule has 0 aliphatic carbocycles. The van der Waals surface area contributed by atoms with Crippen LogP contribution in [-0.4, -0.2) is 38.3 Å². The largest absolute Gasteiger partial charge is 0.308 e. The number of amides is 1. The van der Waals surface area contributed by atoms with E-state index < -0.39 is 10.0 Å². The van der Waals surface area contributed by atoms with Crippen molar-refractivity contribution in [2.75, 3.05) is 24.5 Å². The molecule has 0 N–H and O–H groups in total. The fourth-order valence-electron chi connectivity index (χ4n) is 3.63. The van der Waals surface area contributed by atoms with Gasteiger partial charge in [-0.05, 0) is 53.8 Å². The highest BCUT2D eigenvalue weighted by Crippen LogP contribution is 2.32. The summed E-state index contributed by atoms with van der Waals surface area (Å²) < 4.78 is 27.0.